The summed E-state index contributed by atoms with van der Waals surface area (Å²) in [5, 5.41) is 0. The summed E-state index contributed by atoms with van der Waals surface area (Å²) in [6.45, 7) is 8.40. The summed E-state index contributed by atoms with van der Waals surface area (Å²) in [6.07, 6.45) is 59.3. The van der Waals surface area contributed by atoms with Gasteiger partial charge in [0, 0.05) is 25.7 Å². The molecule has 73 heavy (non-hydrogen) atoms. The maximum atomic E-state index is 13.3. The topological polar surface area (TPSA) is 105 Å². The Bertz CT molecular complexity index is 1100. The Hall–Kier alpha value is -2.12. The van der Waals surface area contributed by atoms with Crippen LogP contribution in [0.2, 0.25) is 0 Å². The van der Waals surface area contributed by atoms with Crippen molar-refractivity contribution in [1.29, 1.82) is 0 Å². The Morgan fingerprint density at radius 3 is 0.466 bits per heavy atom. The van der Waals surface area contributed by atoms with E-state index in [1.807, 2.05) is 0 Å². The summed E-state index contributed by atoms with van der Waals surface area (Å²) in [4.78, 5) is 53.0. The number of carbonyl (C=O) groups excluding carboxylic acids is 4. The number of esters is 4. The average molecular weight is 1030 g/mol. The summed E-state index contributed by atoms with van der Waals surface area (Å²) >= 11 is 0. The fourth-order valence-electron chi connectivity index (χ4n) is 9.91. The second-order valence-corrected chi connectivity index (χ2v) is 22.7. The highest BCUT2D eigenvalue weighted by Crippen LogP contribution is 2.25. The lowest BCUT2D eigenvalue weighted by Crippen LogP contribution is -2.44. The van der Waals surface area contributed by atoms with Gasteiger partial charge in [0.05, 0.1) is 0 Å². The molecule has 8 heteroatoms. The van der Waals surface area contributed by atoms with Crippen LogP contribution in [0.4, 0.5) is 0 Å². The zero-order valence-corrected chi connectivity index (χ0v) is 49.4. The van der Waals surface area contributed by atoms with Gasteiger partial charge in [0.1, 0.15) is 31.8 Å². The molecule has 0 bridgehead atoms. The van der Waals surface area contributed by atoms with Crippen LogP contribution >= 0.6 is 0 Å². The first-order chi connectivity index (χ1) is 35.8. The first-order valence-corrected chi connectivity index (χ1v) is 32.4. The van der Waals surface area contributed by atoms with E-state index in [1.165, 1.54) is 231 Å². The first kappa shape index (κ1) is 70.9. The van der Waals surface area contributed by atoms with Crippen molar-refractivity contribution in [3.63, 3.8) is 0 Å². The van der Waals surface area contributed by atoms with E-state index in [0.717, 1.165) is 77.0 Å². The zero-order chi connectivity index (χ0) is 53.2. The number of hydrogen-bond acceptors (Lipinski definition) is 8. The third-order valence-electron chi connectivity index (χ3n) is 15.1. The molecule has 0 aromatic rings. The van der Waals surface area contributed by atoms with Gasteiger partial charge in [-0.25, -0.2) is 0 Å². The molecule has 0 saturated carbocycles. The van der Waals surface area contributed by atoms with Gasteiger partial charge in [-0.2, -0.15) is 0 Å². The maximum absolute atomic E-state index is 13.3. The molecule has 0 radical (unpaired) electrons. The van der Waals surface area contributed by atoms with Crippen molar-refractivity contribution in [3.05, 3.63) is 0 Å². The summed E-state index contributed by atoms with van der Waals surface area (Å²) < 4.78 is 23.7. The summed E-state index contributed by atoms with van der Waals surface area (Å²) in [6, 6.07) is 0. The Morgan fingerprint density at radius 2 is 0.329 bits per heavy atom. The second-order valence-electron chi connectivity index (χ2n) is 22.7. The minimum absolute atomic E-state index is 0.159. The normalized spacial score (nSPS) is 11.6. The Kier molecular flexibility index (Phi) is 55.9. The number of ether oxygens (including phenoxy) is 4. The van der Waals surface area contributed by atoms with Crippen molar-refractivity contribution in [2.24, 2.45) is 5.41 Å². The van der Waals surface area contributed by atoms with Crippen molar-refractivity contribution < 1.29 is 38.1 Å². The van der Waals surface area contributed by atoms with E-state index in [-0.39, 0.29) is 50.3 Å². The Labute approximate surface area is 453 Å². The lowest BCUT2D eigenvalue weighted by Gasteiger charge is -2.31. The van der Waals surface area contributed by atoms with Gasteiger partial charge in [0.15, 0.2) is 0 Å². The fraction of sp³-hybridized carbons (Fsp3) is 0.938. The summed E-state index contributed by atoms with van der Waals surface area (Å²) in [5.74, 6) is -1.32. The molecule has 0 fully saturated rings. The molecule has 0 saturated heterocycles. The van der Waals surface area contributed by atoms with Crippen LogP contribution in [0.15, 0.2) is 0 Å². The van der Waals surface area contributed by atoms with Gasteiger partial charge >= 0.3 is 23.9 Å². The van der Waals surface area contributed by atoms with E-state index in [2.05, 4.69) is 27.7 Å². The maximum Gasteiger partial charge on any atom is 0.305 e. The van der Waals surface area contributed by atoms with E-state index in [0.29, 0.717) is 25.7 Å². The molecule has 0 aromatic carbocycles. The molecule has 0 amide bonds. The molecule has 0 unspecified atom stereocenters. The van der Waals surface area contributed by atoms with Crippen LogP contribution in [0.25, 0.3) is 0 Å². The van der Waals surface area contributed by atoms with Crippen LogP contribution in [-0.2, 0) is 38.1 Å². The highest BCUT2D eigenvalue weighted by atomic mass is 16.6. The minimum atomic E-state index is -1.20. The predicted molar refractivity (Wildman–Crippen MR) is 309 cm³/mol. The first-order valence-electron chi connectivity index (χ1n) is 32.4. The van der Waals surface area contributed by atoms with Crippen LogP contribution in [0.5, 0.6) is 0 Å². The fourth-order valence-corrected chi connectivity index (χ4v) is 9.91. The van der Waals surface area contributed by atoms with E-state index in [1.54, 1.807) is 0 Å². The minimum Gasteiger partial charge on any atom is -0.465 e. The number of carbonyl (C=O) groups is 4. The lowest BCUT2D eigenvalue weighted by atomic mass is 9.92. The molecule has 0 atom stereocenters. The second kappa shape index (κ2) is 57.6. The average Bonchev–Trinajstić information content (AvgIpc) is 3.39. The molecule has 0 heterocycles. The standard InChI is InChI=1S/C65H124O8/c1-5-9-13-17-21-25-29-31-35-39-43-47-51-55-63(68)72-59-65(57-70-61(66)53-49-45-41-37-33-27-23-19-15-11-7-3,58-71-62(67)54-50-46-42-38-34-28-24-20-16-12-8-4)60-73-64(69)56-52-48-44-40-36-32-30-26-22-18-14-10-6-2/h5-60H2,1-4H3. The molecule has 0 aliphatic heterocycles. The number of rotatable bonds is 60. The van der Waals surface area contributed by atoms with Crippen LogP contribution in [0, 0.1) is 5.41 Å². The van der Waals surface area contributed by atoms with Gasteiger partial charge in [0.2, 0.25) is 0 Å². The molecule has 8 nitrogen and oxygen atoms in total. The highest BCUT2D eigenvalue weighted by Gasteiger charge is 2.38. The van der Waals surface area contributed by atoms with Gasteiger partial charge in [-0.15, -0.1) is 0 Å². The molecule has 0 aromatic heterocycles. The Morgan fingerprint density at radius 1 is 0.205 bits per heavy atom. The quantitative estimate of drug-likeness (QED) is 0.0337. The monoisotopic (exact) mass is 1030 g/mol. The van der Waals surface area contributed by atoms with Crippen molar-refractivity contribution in [3.8, 4) is 0 Å². The van der Waals surface area contributed by atoms with Gasteiger partial charge in [-0.05, 0) is 25.7 Å². The SMILES string of the molecule is CCCCCCCCCCCCCCCC(=O)OCC(COC(=O)CCCCCCCCCCCCC)(COC(=O)CCCCCCCCCCCCC)COC(=O)CCCCCCCCCCCCCCC. The molecule has 0 spiro atoms. The van der Waals surface area contributed by atoms with Crippen LogP contribution in [0.3, 0.4) is 0 Å². The molecule has 0 N–H and O–H groups in total. The predicted octanol–water partition coefficient (Wildman–Crippen LogP) is 20.5. The summed E-state index contributed by atoms with van der Waals surface area (Å²) in [5.41, 5.74) is -1.20. The number of unbranched alkanes of at least 4 members (excludes halogenated alkanes) is 44. The van der Waals surface area contributed by atoms with Gasteiger partial charge in [-0.1, -0.05) is 310 Å². The van der Waals surface area contributed by atoms with Crippen molar-refractivity contribution in [2.75, 3.05) is 26.4 Å². The third kappa shape index (κ3) is 53.1. The van der Waals surface area contributed by atoms with E-state index < -0.39 is 5.41 Å². The smallest absolute Gasteiger partial charge is 0.305 e. The molecular formula is C65H124O8. The lowest BCUT2D eigenvalue weighted by molar-refractivity contribution is -0.170. The van der Waals surface area contributed by atoms with E-state index in [9.17, 15) is 19.2 Å². The van der Waals surface area contributed by atoms with Gasteiger partial charge in [-0.3, -0.25) is 19.2 Å². The van der Waals surface area contributed by atoms with Crippen molar-refractivity contribution >= 4 is 23.9 Å². The highest BCUT2D eigenvalue weighted by molar-refractivity contribution is 5.71. The molecule has 0 aliphatic rings. The van der Waals surface area contributed by atoms with Gasteiger partial charge < -0.3 is 18.9 Å². The van der Waals surface area contributed by atoms with Crippen molar-refractivity contribution in [1.82, 2.24) is 0 Å². The van der Waals surface area contributed by atoms with Crippen LogP contribution in [-0.4, -0.2) is 50.3 Å². The van der Waals surface area contributed by atoms with Crippen LogP contribution < -0.4 is 0 Å². The molecule has 432 valence electrons. The zero-order valence-electron chi connectivity index (χ0n) is 49.4. The Balaban J connectivity index is 5.41. The van der Waals surface area contributed by atoms with E-state index in [4.69, 9.17) is 18.9 Å². The van der Waals surface area contributed by atoms with Crippen molar-refractivity contribution in [2.45, 2.75) is 362 Å². The van der Waals surface area contributed by atoms with Crippen LogP contribution in [0.1, 0.15) is 362 Å². The molecule has 0 rings (SSSR count). The van der Waals surface area contributed by atoms with E-state index >= 15 is 0 Å². The molecular weight excluding hydrogens is 909 g/mol. The number of hydrogen-bond donors (Lipinski definition) is 0. The molecule has 0 aliphatic carbocycles. The largest absolute Gasteiger partial charge is 0.465 e. The third-order valence-corrected chi connectivity index (χ3v) is 15.1. The summed E-state index contributed by atoms with van der Waals surface area (Å²) in [7, 11) is 0. The van der Waals surface area contributed by atoms with Gasteiger partial charge in [0.25, 0.3) is 0 Å².